The van der Waals surface area contributed by atoms with Crippen LogP contribution in [0.3, 0.4) is 0 Å². The average Bonchev–Trinajstić information content (AvgIpc) is 2.62. The molecule has 16 heavy (non-hydrogen) atoms. The summed E-state index contributed by atoms with van der Waals surface area (Å²) in [4.78, 5) is 0. The van der Waals surface area contributed by atoms with E-state index in [0.29, 0.717) is 15.8 Å². The Hall–Kier alpha value is -1.13. The molecule has 0 bridgehead atoms. The smallest absolute Gasteiger partial charge is 0.125 e. The zero-order valence-electron chi connectivity index (χ0n) is 8.71. The quantitative estimate of drug-likeness (QED) is 0.916. The number of hydrogen-bond donors (Lipinski definition) is 1. The zero-order chi connectivity index (χ0) is 11.7. The molecule has 0 amide bonds. The molecule has 1 atom stereocenters. The van der Waals surface area contributed by atoms with Crippen molar-refractivity contribution < 1.29 is 8.81 Å². The van der Waals surface area contributed by atoms with Gasteiger partial charge in [0.15, 0.2) is 0 Å². The van der Waals surface area contributed by atoms with Gasteiger partial charge in [0.2, 0.25) is 0 Å². The minimum Gasteiger partial charge on any atom is -0.464 e. The maximum absolute atomic E-state index is 13.2. The summed E-state index contributed by atoms with van der Waals surface area (Å²) in [5.41, 5.74) is 6.67. The number of benzene rings is 1. The predicted octanol–water partition coefficient (Wildman–Crippen LogP) is 3.54. The molecular formula is C12H11BrFNO. The first-order valence-corrected chi connectivity index (χ1v) is 5.63. The monoisotopic (exact) mass is 283 g/mol. The molecule has 2 nitrogen and oxygen atoms in total. The van der Waals surface area contributed by atoms with Gasteiger partial charge in [-0.3, -0.25) is 0 Å². The van der Waals surface area contributed by atoms with E-state index in [1.807, 2.05) is 13.0 Å². The van der Waals surface area contributed by atoms with Crippen LogP contribution in [0.4, 0.5) is 4.39 Å². The lowest BCUT2D eigenvalue weighted by atomic mass is 10.1. The summed E-state index contributed by atoms with van der Waals surface area (Å²) in [5.74, 6) is 1.11. The van der Waals surface area contributed by atoms with Crippen molar-refractivity contribution in [1.82, 2.24) is 0 Å². The highest BCUT2D eigenvalue weighted by atomic mass is 79.9. The summed E-state index contributed by atoms with van der Waals surface area (Å²) in [5, 5.41) is 0. The molecule has 0 radical (unpaired) electrons. The molecule has 84 valence electrons. The molecule has 2 N–H and O–H groups in total. The Morgan fingerprint density at radius 1 is 1.31 bits per heavy atom. The standard InChI is InChI=1S/C12H11BrFNO/c1-7-2-3-11(16-7)12(15)8-4-9(13)6-10(14)5-8/h2-6,12H,15H2,1H3. The van der Waals surface area contributed by atoms with Crippen LogP contribution in [0.25, 0.3) is 0 Å². The lowest BCUT2D eigenvalue weighted by molar-refractivity contribution is 0.465. The van der Waals surface area contributed by atoms with Gasteiger partial charge in [0, 0.05) is 4.47 Å². The molecule has 2 rings (SSSR count). The molecule has 0 spiro atoms. The first-order chi connectivity index (χ1) is 7.56. The minimum absolute atomic E-state index is 0.317. The fourth-order valence-electron chi connectivity index (χ4n) is 1.54. The van der Waals surface area contributed by atoms with E-state index >= 15 is 0 Å². The van der Waals surface area contributed by atoms with E-state index in [2.05, 4.69) is 15.9 Å². The third-order valence-electron chi connectivity index (χ3n) is 2.31. The van der Waals surface area contributed by atoms with Crippen LogP contribution >= 0.6 is 15.9 Å². The number of nitrogens with two attached hydrogens (primary N) is 1. The fourth-order valence-corrected chi connectivity index (χ4v) is 2.02. The fraction of sp³-hybridized carbons (Fsp3) is 0.167. The lowest BCUT2D eigenvalue weighted by Gasteiger charge is -2.09. The molecule has 1 heterocycles. The Bertz CT molecular complexity index is 489. The van der Waals surface area contributed by atoms with E-state index in [1.54, 1.807) is 12.1 Å². The highest BCUT2D eigenvalue weighted by Gasteiger charge is 2.13. The second-order valence-electron chi connectivity index (χ2n) is 3.63. The normalized spacial score (nSPS) is 12.8. The van der Waals surface area contributed by atoms with Crippen LogP contribution in [0, 0.1) is 12.7 Å². The van der Waals surface area contributed by atoms with Gasteiger partial charge < -0.3 is 10.2 Å². The summed E-state index contributed by atoms with van der Waals surface area (Å²) in [6.45, 7) is 1.84. The molecule has 0 aliphatic carbocycles. The number of rotatable bonds is 2. The summed E-state index contributed by atoms with van der Waals surface area (Å²) >= 11 is 3.23. The Balaban J connectivity index is 2.37. The van der Waals surface area contributed by atoms with Crippen LogP contribution in [0.15, 0.2) is 39.2 Å². The maximum Gasteiger partial charge on any atom is 0.125 e. The lowest BCUT2D eigenvalue weighted by Crippen LogP contribution is -2.11. The van der Waals surface area contributed by atoms with Crippen molar-refractivity contribution in [2.24, 2.45) is 5.73 Å². The van der Waals surface area contributed by atoms with Gasteiger partial charge in [0.25, 0.3) is 0 Å². The van der Waals surface area contributed by atoms with Gasteiger partial charge in [-0.15, -0.1) is 0 Å². The SMILES string of the molecule is Cc1ccc(C(N)c2cc(F)cc(Br)c2)o1. The Labute approximate surface area is 101 Å². The Kier molecular flexibility index (Phi) is 3.12. The maximum atomic E-state index is 13.2. The van der Waals surface area contributed by atoms with Crippen LogP contribution in [-0.2, 0) is 0 Å². The Morgan fingerprint density at radius 3 is 2.62 bits per heavy atom. The van der Waals surface area contributed by atoms with Crippen molar-refractivity contribution in [2.45, 2.75) is 13.0 Å². The van der Waals surface area contributed by atoms with Gasteiger partial charge in [0.05, 0.1) is 6.04 Å². The van der Waals surface area contributed by atoms with E-state index in [4.69, 9.17) is 10.2 Å². The first kappa shape index (κ1) is 11.4. The number of aryl methyl sites for hydroxylation is 1. The summed E-state index contributed by atoms with van der Waals surface area (Å²) in [7, 11) is 0. The molecule has 0 saturated heterocycles. The Morgan fingerprint density at radius 2 is 2.06 bits per heavy atom. The van der Waals surface area contributed by atoms with Crippen molar-refractivity contribution in [1.29, 1.82) is 0 Å². The van der Waals surface area contributed by atoms with Gasteiger partial charge in [-0.05, 0) is 42.8 Å². The predicted molar refractivity (Wildman–Crippen MR) is 63.6 cm³/mol. The van der Waals surface area contributed by atoms with Crippen LogP contribution in [0.5, 0.6) is 0 Å². The molecule has 0 fully saturated rings. The molecule has 2 aromatic rings. The molecular weight excluding hydrogens is 273 g/mol. The van der Waals surface area contributed by atoms with Crippen LogP contribution in [0.1, 0.15) is 23.1 Å². The van der Waals surface area contributed by atoms with Crippen molar-refractivity contribution in [2.75, 3.05) is 0 Å². The summed E-state index contributed by atoms with van der Waals surface area (Å²) < 4.78 is 19.3. The largest absolute Gasteiger partial charge is 0.464 e. The van der Waals surface area contributed by atoms with Crippen molar-refractivity contribution in [3.05, 3.63) is 57.7 Å². The highest BCUT2D eigenvalue weighted by Crippen LogP contribution is 2.25. The number of furan rings is 1. The molecule has 0 aliphatic rings. The van der Waals surface area contributed by atoms with E-state index in [9.17, 15) is 4.39 Å². The van der Waals surface area contributed by atoms with E-state index < -0.39 is 6.04 Å². The third kappa shape index (κ3) is 2.33. The number of halogens is 2. The van der Waals surface area contributed by atoms with E-state index in [0.717, 1.165) is 5.76 Å². The molecule has 1 unspecified atom stereocenters. The second kappa shape index (κ2) is 4.39. The van der Waals surface area contributed by atoms with Crippen molar-refractivity contribution >= 4 is 15.9 Å². The summed E-state index contributed by atoms with van der Waals surface area (Å²) in [6.07, 6.45) is 0. The van der Waals surface area contributed by atoms with Gasteiger partial charge in [-0.2, -0.15) is 0 Å². The van der Waals surface area contributed by atoms with Gasteiger partial charge >= 0.3 is 0 Å². The zero-order valence-corrected chi connectivity index (χ0v) is 10.3. The first-order valence-electron chi connectivity index (χ1n) is 4.84. The molecule has 0 saturated carbocycles. The van der Waals surface area contributed by atoms with Crippen LogP contribution in [-0.4, -0.2) is 0 Å². The van der Waals surface area contributed by atoms with E-state index in [1.165, 1.54) is 12.1 Å². The van der Waals surface area contributed by atoms with E-state index in [-0.39, 0.29) is 5.82 Å². The average molecular weight is 284 g/mol. The van der Waals surface area contributed by atoms with Crippen molar-refractivity contribution in [3.63, 3.8) is 0 Å². The molecule has 1 aromatic heterocycles. The summed E-state index contributed by atoms with van der Waals surface area (Å²) in [6, 6.07) is 7.78. The van der Waals surface area contributed by atoms with Crippen LogP contribution in [0.2, 0.25) is 0 Å². The van der Waals surface area contributed by atoms with Gasteiger partial charge in [0.1, 0.15) is 17.3 Å². The van der Waals surface area contributed by atoms with Gasteiger partial charge in [-0.1, -0.05) is 15.9 Å². The topological polar surface area (TPSA) is 39.2 Å². The molecule has 0 aliphatic heterocycles. The second-order valence-corrected chi connectivity index (χ2v) is 4.54. The molecule has 1 aromatic carbocycles. The minimum atomic E-state index is -0.444. The van der Waals surface area contributed by atoms with Crippen LogP contribution < -0.4 is 5.73 Å². The van der Waals surface area contributed by atoms with Gasteiger partial charge in [-0.25, -0.2) is 4.39 Å². The number of hydrogen-bond acceptors (Lipinski definition) is 2. The molecule has 4 heteroatoms. The third-order valence-corrected chi connectivity index (χ3v) is 2.77. The van der Waals surface area contributed by atoms with Crippen molar-refractivity contribution in [3.8, 4) is 0 Å². The highest BCUT2D eigenvalue weighted by molar-refractivity contribution is 9.10.